The molecule has 1 aliphatic heterocycles. The van der Waals surface area contributed by atoms with Gasteiger partial charge in [0.15, 0.2) is 0 Å². The Bertz CT molecular complexity index is 534. The Kier molecular flexibility index (Phi) is 3.11. The van der Waals surface area contributed by atoms with E-state index in [0.717, 1.165) is 37.9 Å². The van der Waals surface area contributed by atoms with Gasteiger partial charge in [0.2, 0.25) is 0 Å². The van der Waals surface area contributed by atoms with E-state index >= 15 is 0 Å². The molecule has 0 aromatic carbocycles. The minimum absolute atomic E-state index is 0.0342. The van der Waals surface area contributed by atoms with Crippen LogP contribution in [0.5, 0.6) is 0 Å². The van der Waals surface area contributed by atoms with Gasteiger partial charge in [0, 0.05) is 25.1 Å². The Labute approximate surface area is 115 Å². The smallest absolute Gasteiger partial charge is 0.407 e. The van der Waals surface area contributed by atoms with Crippen LogP contribution in [0, 0.1) is 17.0 Å². The molecule has 1 spiro atoms. The summed E-state index contributed by atoms with van der Waals surface area (Å²) in [5, 5.41) is 8.92. The molecule has 0 radical (unpaired) electrons. The van der Waals surface area contributed by atoms with Crippen LogP contribution in [0.15, 0.2) is 12.3 Å². The Morgan fingerprint density at radius 1 is 1.35 bits per heavy atom. The lowest BCUT2D eigenvalue weighted by atomic mass is 9.56. The Balaban J connectivity index is 1.63. The van der Waals surface area contributed by atoms with Crippen LogP contribution < -0.4 is 0 Å². The molecule has 1 aromatic rings. The van der Waals surface area contributed by atoms with Crippen molar-refractivity contribution in [1.29, 1.82) is 0 Å². The molecule has 4 nitrogen and oxygen atoms in total. The zero-order chi connectivity index (χ0) is 14.3. The monoisotopic (exact) mass is 282 g/mol. The first-order valence-electron chi connectivity index (χ1n) is 6.78. The minimum atomic E-state index is -0.873. The molecule has 2 heterocycles. The van der Waals surface area contributed by atoms with Crippen molar-refractivity contribution >= 4 is 6.09 Å². The van der Waals surface area contributed by atoms with Gasteiger partial charge in [-0.1, -0.05) is 0 Å². The molecule has 2 fully saturated rings. The van der Waals surface area contributed by atoms with E-state index in [9.17, 15) is 13.6 Å². The van der Waals surface area contributed by atoms with Crippen LogP contribution in [0.25, 0.3) is 0 Å². The fourth-order valence-corrected chi connectivity index (χ4v) is 3.49. The van der Waals surface area contributed by atoms with Crippen LogP contribution >= 0.6 is 0 Å². The third kappa shape index (κ3) is 2.23. The van der Waals surface area contributed by atoms with Crippen LogP contribution in [0.2, 0.25) is 0 Å². The molecule has 0 unspecified atom stereocenters. The van der Waals surface area contributed by atoms with Crippen molar-refractivity contribution in [3.63, 3.8) is 0 Å². The normalized spacial score (nSPS) is 21.8. The van der Waals surface area contributed by atoms with Crippen molar-refractivity contribution in [2.24, 2.45) is 5.41 Å². The van der Waals surface area contributed by atoms with Gasteiger partial charge in [-0.3, -0.25) is 4.98 Å². The van der Waals surface area contributed by atoms with E-state index in [1.807, 2.05) is 0 Å². The third-order valence-electron chi connectivity index (χ3n) is 4.68. The Morgan fingerprint density at radius 3 is 2.55 bits per heavy atom. The van der Waals surface area contributed by atoms with Gasteiger partial charge in [0.25, 0.3) is 0 Å². The van der Waals surface area contributed by atoms with Crippen molar-refractivity contribution in [1.82, 2.24) is 9.88 Å². The van der Waals surface area contributed by atoms with Crippen LogP contribution in [-0.2, 0) is 0 Å². The highest BCUT2D eigenvalue weighted by Gasteiger charge is 2.47. The molecule has 0 atom stereocenters. The third-order valence-corrected chi connectivity index (χ3v) is 4.68. The molecule has 1 saturated heterocycles. The Morgan fingerprint density at radius 2 is 2.00 bits per heavy atom. The lowest BCUT2D eigenvalue weighted by Crippen LogP contribution is -2.48. The van der Waals surface area contributed by atoms with Gasteiger partial charge in [-0.15, -0.1) is 0 Å². The fourth-order valence-electron chi connectivity index (χ4n) is 3.49. The highest BCUT2D eigenvalue weighted by atomic mass is 19.1. The van der Waals surface area contributed by atoms with Gasteiger partial charge in [-0.05, 0) is 31.1 Å². The average Bonchev–Trinajstić information content (AvgIpc) is 2.36. The molecule has 1 amide bonds. The molecule has 1 N–H and O–H groups in total. The number of halogens is 2. The van der Waals surface area contributed by atoms with E-state index in [4.69, 9.17) is 5.11 Å². The fraction of sp³-hybridized carbons (Fsp3) is 0.571. The summed E-state index contributed by atoms with van der Waals surface area (Å²) in [6, 6.07) is 0.875. The molecule has 6 heteroatoms. The second-order valence-electron chi connectivity index (χ2n) is 5.90. The number of hydrogen-bond donors (Lipinski definition) is 1. The number of nitrogens with zero attached hydrogens (tertiary/aromatic N) is 2. The summed E-state index contributed by atoms with van der Waals surface area (Å²) >= 11 is 0. The van der Waals surface area contributed by atoms with E-state index in [-0.39, 0.29) is 11.3 Å². The maximum atomic E-state index is 13.7. The molecule has 0 bridgehead atoms. The summed E-state index contributed by atoms with van der Waals surface area (Å²) in [5.74, 6) is -1.20. The van der Waals surface area contributed by atoms with Crippen molar-refractivity contribution in [3.8, 4) is 0 Å². The van der Waals surface area contributed by atoms with Crippen LogP contribution in [0.3, 0.4) is 0 Å². The van der Waals surface area contributed by atoms with E-state index in [1.165, 1.54) is 4.90 Å². The van der Waals surface area contributed by atoms with E-state index in [0.29, 0.717) is 18.8 Å². The van der Waals surface area contributed by atoms with Crippen molar-refractivity contribution in [2.75, 3.05) is 13.1 Å². The lowest BCUT2D eigenvalue weighted by molar-refractivity contribution is 0.0168. The first kappa shape index (κ1) is 13.3. The molecule has 20 heavy (non-hydrogen) atoms. The Hall–Kier alpha value is -1.72. The summed E-state index contributed by atoms with van der Waals surface area (Å²) in [6.45, 7) is 1.09. The summed E-state index contributed by atoms with van der Waals surface area (Å²) in [7, 11) is 0. The molecule has 3 rings (SSSR count). The molecule has 108 valence electrons. The molecule has 2 aliphatic rings. The zero-order valence-corrected chi connectivity index (χ0v) is 11.0. The van der Waals surface area contributed by atoms with Gasteiger partial charge in [-0.25, -0.2) is 13.6 Å². The summed E-state index contributed by atoms with van der Waals surface area (Å²) in [5.41, 5.74) is 0.469. The SMILES string of the molecule is O=C(O)N1CCC2(CC1)CC(c1ncc(F)cc1F)C2. The maximum Gasteiger partial charge on any atom is 0.407 e. The standard InChI is InChI=1S/C14H16F2N2O2/c15-10-5-11(16)12(17-8-10)9-6-14(7-9)1-3-18(4-2-14)13(19)20/h5,8-9H,1-4,6-7H2,(H,19,20). The number of carbonyl (C=O) groups is 1. The van der Waals surface area contributed by atoms with Gasteiger partial charge < -0.3 is 10.0 Å². The molecular weight excluding hydrogens is 266 g/mol. The van der Waals surface area contributed by atoms with Crippen molar-refractivity contribution < 1.29 is 18.7 Å². The number of hydrogen-bond acceptors (Lipinski definition) is 2. The van der Waals surface area contributed by atoms with Crippen molar-refractivity contribution in [2.45, 2.75) is 31.6 Å². The van der Waals surface area contributed by atoms with Gasteiger partial charge in [0.1, 0.15) is 11.6 Å². The van der Waals surface area contributed by atoms with E-state index in [2.05, 4.69) is 4.98 Å². The average molecular weight is 282 g/mol. The predicted octanol–water partition coefficient (Wildman–Crippen LogP) is 3.00. The first-order valence-corrected chi connectivity index (χ1v) is 6.78. The molecular formula is C14H16F2N2O2. The predicted molar refractivity (Wildman–Crippen MR) is 67.4 cm³/mol. The maximum absolute atomic E-state index is 13.7. The first-order chi connectivity index (χ1) is 9.49. The number of pyridine rings is 1. The highest BCUT2D eigenvalue weighted by Crippen LogP contribution is 2.56. The molecule has 1 saturated carbocycles. The number of aromatic nitrogens is 1. The van der Waals surface area contributed by atoms with Gasteiger partial charge in [-0.2, -0.15) is 0 Å². The topological polar surface area (TPSA) is 53.4 Å². The quantitative estimate of drug-likeness (QED) is 0.861. The lowest BCUT2D eigenvalue weighted by Gasteiger charge is -2.51. The second-order valence-corrected chi connectivity index (χ2v) is 5.90. The van der Waals surface area contributed by atoms with Gasteiger partial charge in [0.05, 0.1) is 11.9 Å². The largest absolute Gasteiger partial charge is 0.465 e. The number of likely N-dealkylation sites (tertiary alicyclic amines) is 1. The summed E-state index contributed by atoms with van der Waals surface area (Å²) < 4.78 is 26.5. The minimum Gasteiger partial charge on any atom is -0.465 e. The molecule has 1 aliphatic carbocycles. The van der Waals surface area contributed by atoms with Crippen LogP contribution in [-0.4, -0.2) is 34.2 Å². The zero-order valence-electron chi connectivity index (χ0n) is 11.0. The number of piperidine rings is 1. The summed E-state index contributed by atoms with van der Waals surface area (Å²) in [4.78, 5) is 16.2. The number of amides is 1. The van der Waals surface area contributed by atoms with E-state index in [1.54, 1.807) is 0 Å². The van der Waals surface area contributed by atoms with Crippen LogP contribution in [0.1, 0.15) is 37.3 Å². The number of rotatable bonds is 1. The molecule has 1 aromatic heterocycles. The highest BCUT2D eigenvalue weighted by molar-refractivity contribution is 5.65. The number of carboxylic acid groups (broad SMARTS) is 1. The van der Waals surface area contributed by atoms with Crippen molar-refractivity contribution in [3.05, 3.63) is 29.6 Å². The van der Waals surface area contributed by atoms with E-state index < -0.39 is 17.7 Å². The van der Waals surface area contributed by atoms with Gasteiger partial charge >= 0.3 is 6.09 Å². The second kappa shape index (κ2) is 4.68. The van der Waals surface area contributed by atoms with Crippen LogP contribution in [0.4, 0.5) is 13.6 Å². The summed E-state index contributed by atoms with van der Waals surface area (Å²) in [6.07, 6.45) is 3.45.